The van der Waals surface area contributed by atoms with Crippen LogP contribution in [0.25, 0.3) is 0 Å². The maximum Gasteiger partial charge on any atom is 0.122 e. The predicted molar refractivity (Wildman–Crippen MR) is 59.2 cm³/mol. The van der Waals surface area contributed by atoms with Crippen LogP contribution in [0.3, 0.4) is 0 Å². The van der Waals surface area contributed by atoms with Gasteiger partial charge in [-0.1, -0.05) is 11.2 Å². The van der Waals surface area contributed by atoms with Gasteiger partial charge in [0.2, 0.25) is 0 Å². The molecule has 0 N–H and O–H groups in total. The van der Waals surface area contributed by atoms with Crippen molar-refractivity contribution in [3.63, 3.8) is 0 Å². The lowest BCUT2D eigenvalue weighted by Crippen LogP contribution is -1.98. The first kappa shape index (κ1) is 10.1. The lowest BCUT2D eigenvalue weighted by Gasteiger charge is -2.13. The second-order valence-corrected chi connectivity index (χ2v) is 3.95. The number of methoxy groups -OCH3 is 1. The van der Waals surface area contributed by atoms with Crippen LogP contribution in [0.5, 0.6) is 5.75 Å². The van der Waals surface area contributed by atoms with E-state index >= 15 is 0 Å². The van der Waals surface area contributed by atoms with Crippen LogP contribution in [0.4, 0.5) is 0 Å². The van der Waals surface area contributed by atoms with Gasteiger partial charge in [-0.05, 0) is 48.9 Å². The van der Waals surface area contributed by atoms with Crippen LogP contribution in [-0.4, -0.2) is 7.11 Å². The van der Waals surface area contributed by atoms with Gasteiger partial charge >= 0.3 is 0 Å². The van der Waals surface area contributed by atoms with Gasteiger partial charge in [0.05, 0.1) is 7.11 Å². The summed E-state index contributed by atoms with van der Waals surface area (Å²) in [5, 5.41) is 3.10. The Morgan fingerprint density at radius 2 is 2.07 bits per heavy atom. The van der Waals surface area contributed by atoms with Crippen molar-refractivity contribution in [2.24, 2.45) is 5.18 Å². The Hall–Kier alpha value is -1.38. The van der Waals surface area contributed by atoms with Gasteiger partial charge in [0, 0.05) is 0 Å². The van der Waals surface area contributed by atoms with Gasteiger partial charge < -0.3 is 4.74 Å². The summed E-state index contributed by atoms with van der Waals surface area (Å²) in [6.07, 6.45) is 3.24. The zero-order valence-corrected chi connectivity index (χ0v) is 9.12. The molecule has 0 radical (unpaired) electrons. The largest absolute Gasteiger partial charge is 0.496 e. The number of benzene rings is 1. The highest BCUT2D eigenvalue weighted by Gasteiger charge is 2.21. The standard InChI is InChI=1S/C12H15NO2/c1-8(13-14)9-6-7-12(15-2)11-5-3-4-10(9)11/h6-8H,3-5H2,1-2H3. The Bertz CT molecular complexity index is 387. The third-order valence-electron chi connectivity index (χ3n) is 3.11. The average molecular weight is 205 g/mol. The molecule has 1 aromatic rings. The maximum atomic E-state index is 10.6. The van der Waals surface area contributed by atoms with Crippen molar-refractivity contribution in [1.82, 2.24) is 0 Å². The molecule has 0 aliphatic heterocycles. The minimum absolute atomic E-state index is 0.247. The molecule has 1 aliphatic carbocycles. The van der Waals surface area contributed by atoms with E-state index in [-0.39, 0.29) is 6.04 Å². The van der Waals surface area contributed by atoms with Crippen LogP contribution in [0.15, 0.2) is 17.3 Å². The van der Waals surface area contributed by atoms with Crippen LogP contribution in [0.1, 0.15) is 36.1 Å². The molecule has 1 atom stereocenters. The summed E-state index contributed by atoms with van der Waals surface area (Å²) in [6, 6.07) is 3.67. The van der Waals surface area contributed by atoms with Gasteiger partial charge in [-0.15, -0.1) is 0 Å². The number of nitrogens with zero attached hydrogens (tertiary/aromatic N) is 1. The molecule has 0 amide bonds. The summed E-state index contributed by atoms with van der Waals surface area (Å²) in [7, 11) is 1.69. The van der Waals surface area contributed by atoms with Crippen LogP contribution >= 0.6 is 0 Å². The van der Waals surface area contributed by atoms with E-state index in [4.69, 9.17) is 4.74 Å². The van der Waals surface area contributed by atoms with E-state index in [1.807, 2.05) is 19.1 Å². The summed E-state index contributed by atoms with van der Waals surface area (Å²) in [5.41, 5.74) is 3.62. The second-order valence-electron chi connectivity index (χ2n) is 3.95. The van der Waals surface area contributed by atoms with Gasteiger partial charge in [-0.2, -0.15) is 4.91 Å². The Balaban J connectivity index is 2.51. The quantitative estimate of drug-likeness (QED) is 0.711. The van der Waals surface area contributed by atoms with Crippen LogP contribution in [0, 0.1) is 4.91 Å². The Kier molecular flexibility index (Phi) is 2.71. The molecule has 15 heavy (non-hydrogen) atoms. The highest BCUT2D eigenvalue weighted by Crippen LogP contribution is 2.36. The molecule has 3 heteroatoms. The molecule has 3 nitrogen and oxygen atoms in total. The fourth-order valence-corrected chi connectivity index (χ4v) is 2.34. The Morgan fingerprint density at radius 3 is 2.73 bits per heavy atom. The third-order valence-corrected chi connectivity index (χ3v) is 3.11. The SMILES string of the molecule is COc1ccc(C(C)N=O)c2c1CCC2. The number of hydrogen-bond donors (Lipinski definition) is 0. The molecule has 1 aromatic carbocycles. The van der Waals surface area contributed by atoms with E-state index < -0.39 is 0 Å². The molecule has 0 saturated carbocycles. The third kappa shape index (κ3) is 1.62. The van der Waals surface area contributed by atoms with E-state index in [0.29, 0.717) is 0 Å². The molecule has 2 rings (SSSR count). The number of ether oxygens (including phenoxy) is 1. The van der Waals surface area contributed by atoms with Crippen molar-refractivity contribution in [3.8, 4) is 5.75 Å². The van der Waals surface area contributed by atoms with Crippen LogP contribution in [0.2, 0.25) is 0 Å². The molecule has 0 saturated heterocycles. The summed E-state index contributed by atoms with van der Waals surface area (Å²) < 4.78 is 5.32. The summed E-state index contributed by atoms with van der Waals surface area (Å²) in [4.78, 5) is 10.6. The predicted octanol–water partition coefficient (Wildman–Crippen LogP) is 3.01. The molecule has 0 spiro atoms. The first-order chi connectivity index (χ1) is 7.27. The lowest BCUT2D eigenvalue weighted by atomic mass is 9.98. The molecular formula is C12H15NO2. The minimum Gasteiger partial charge on any atom is -0.496 e. The molecule has 0 heterocycles. The summed E-state index contributed by atoms with van der Waals surface area (Å²) in [5.74, 6) is 0.948. The van der Waals surface area contributed by atoms with Crippen molar-refractivity contribution in [2.75, 3.05) is 7.11 Å². The number of rotatable bonds is 3. The Labute approximate surface area is 89.4 Å². The van der Waals surface area contributed by atoms with Crippen molar-refractivity contribution in [2.45, 2.75) is 32.2 Å². The number of hydrogen-bond acceptors (Lipinski definition) is 3. The zero-order chi connectivity index (χ0) is 10.8. The van der Waals surface area contributed by atoms with E-state index in [1.165, 1.54) is 11.1 Å². The molecule has 1 unspecified atom stereocenters. The molecule has 0 fully saturated rings. The summed E-state index contributed by atoms with van der Waals surface area (Å²) in [6.45, 7) is 1.84. The zero-order valence-electron chi connectivity index (χ0n) is 9.12. The Morgan fingerprint density at radius 1 is 1.33 bits per heavy atom. The first-order valence-electron chi connectivity index (χ1n) is 5.29. The van der Waals surface area contributed by atoms with Crippen molar-refractivity contribution in [1.29, 1.82) is 0 Å². The fourth-order valence-electron chi connectivity index (χ4n) is 2.34. The highest BCUT2D eigenvalue weighted by molar-refractivity contribution is 5.48. The molecule has 80 valence electrons. The molecule has 0 aromatic heterocycles. The van der Waals surface area contributed by atoms with Crippen LogP contribution < -0.4 is 4.74 Å². The molecular weight excluding hydrogens is 190 g/mol. The van der Waals surface area contributed by atoms with Gasteiger partial charge in [-0.3, -0.25) is 0 Å². The second kappa shape index (κ2) is 4.01. The first-order valence-corrected chi connectivity index (χ1v) is 5.29. The van der Waals surface area contributed by atoms with E-state index in [0.717, 1.165) is 30.6 Å². The summed E-state index contributed by atoms with van der Waals surface area (Å²) >= 11 is 0. The maximum absolute atomic E-state index is 10.6. The fraction of sp³-hybridized carbons (Fsp3) is 0.500. The van der Waals surface area contributed by atoms with Gasteiger partial charge in [0.1, 0.15) is 11.8 Å². The monoisotopic (exact) mass is 205 g/mol. The van der Waals surface area contributed by atoms with Gasteiger partial charge in [0.15, 0.2) is 0 Å². The van der Waals surface area contributed by atoms with E-state index in [9.17, 15) is 4.91 Å². The topological polar surface area (TPSA) is 38.7 Å². The van der Waals surface area contributed by atoms with Gasteiger partial charge in [-0.25, -0.2) is 0 Å². The van der Waals surface area contributed by atoms with E-state index in [1.54, 1.807) is 7.11 Å². The normalized spacial score (nSPS) is 15.9. The van der Waals surface area contributed by atoms with Crippen molar-refractivity contribution in [3.05, 3.63) is 33.7 Å². The number of nitroso groups, excluding NO2 is 1. The average Bonchev–Trinajstić information content (AvgIpc) is 2.75. The van der Waals surface area contributed by atoms with Crippen molar-refractivity contribution >= 4 is 0 Å². The van der Waals surface area contributed by atoms with E-state index in [2.05, 4.69) is 5.18 Å². The molecule has 0 bridgehead atoms. The highest BCUT2D eigenvalue weighted by atomic mass is 16.5. The van der Waals surface area contributed by atoms with Crippen LogP contribution in [-0.2, 0) is 12.8 Å². The lowest BCUT2D eigenvalue weighted by molar-refractivity contribution is 0.410. The van der Waals surface area contributed by atoms with Gasteiger partial charge in [0.25, 0.3) is 0 Å². The molecule has 1 aliphatic rings. The number of fused-ring (bicyclic) bond motifs is 1. The van der Waals surface area contributed by atoms with Crippen molar-refractivity contribution < 1.29 is 4.74 Å². The minimum atomic E-state index is -0.247. The smallest absolute Gasteiger partial charge is 0.122 e.